The van der Waals surface area contributed by atoms with Gasteiger partial charge in [-0.05, 0) is 37.5 Å². The summed E-state index contributed by atoms with van der Waals surface area (Å²) in [5.74, 6) is 0. The number of ether oxygens (including phenoxy) is 2. The number of aryl methyl sites for hydroxylation is 1. The van der Waals surface area contributed by atoms with Gasteiger partial charge >= 0.3 is 6.03 Å². The SMILES string of the molecule is O=C(Nc1nc2c(s1)CC1(CCOCC1)CC2)N1CCOCC1. The van der Waals surface area contributed by atoms with Gasteiger partial charge < -0.3 is 14.4 Å². The highest BCUT2D eigenvalue weighted by Crippen LogP contribution is 2.45. The Morgan fingerprint density at radius 1 is 1.13 bits per heavy atom. The zero-order valence-corrected chi connectivity index (χ0v) is 14.1. The van der Waals surface area contributed by atoms with Gasteiger partial charge in [0.15, 0.2) is 5.13 Å². The van der Waals surface area contributed by atoms with E-state index >= 15 is 0 Å². The van der Waals surface area contributed by atoms with Gasteiger partial charge in [-0.1, -0.05) is 0 Å². The van der Waals surface area contributed by atoms with E-state index in [0.717, 1.165) is 44.0 Å². The minimum atomic E-state index is -0.0554. The number of thiazole rings is 1. The third-order valence-electron chi connectivity index (χ3n) is 5.27. The van der Waals surface area contributed by atoms with Gasteiger partial charge in [0.05, 0.1) is 18.9 Å². The van der Waals surface area contributed by atoms with E-state index in [9.17, 15) is 4.79 Å². The van der Waals surface area contributed by atoms with Gasteiger partial charge in [-0.3, -0.25) is 5.32 Å². The third kappa shape index (κ3) is 3.22. The number of fused-ring (bicyclic) bond motifs is 1. The summed E-state index contributed by atoms with van der Waals surface area (Å²) in [6.45, 7) is 4.31. The van der Waals surface area contributed by atoms with E-state index in [2.05, 4.69) is 10.3 Å². The first-order chi connectivity index (χ1) is 11.2. The van der Waals surface area contributed by atoms with Crippen LogP contribution >= 0.6 is 11.3 Å². The van der Waals surface area contributed by atoms with E-state index in [0.29, 0.717) is 31.7 Å². The number of morpholine rings is 1. The molecule has 1 spiro atoms. The second-order valence-corrected chi connectivity index (χ2v) is 7.79. The van der Waals surface area contributed by atoms with Crippen LogP contribution in [-0.2, 0) is 22.3 Å². The number of nitrogens with one attached hydrogen (secondary N) is 1. The maximum absolute atomic E-state index is 12.3. The van der Waals surface area contributed by atoms with Gasteiger partial charge in [0, 0.05) is 31.2 Å². The monoisotopic (exact) mass is 337 g/mol. The fourth-order valence-corrected chi connectivity index (χ4v) is 4.92. The number of hydrogen-bond donors (Lipinski definition) is 1. The first-order valence-electron chi connectivity index (χ1n) is 8.44. The predicted molar refractivity (Wildman–Crippen MR) is 88.0 cm³/mol. The quantitative estimate of drug-likeness (QED) is 0.854. The van der Waals surface area contributed by atoms with Crippen LogP contribution in [0.5, 0.6) is 0 Å². The van der Waals surface area contributed by atoms with Gasteiger partial charge in [-0.2, -0.15) is 0 Å². The van der Waals surface area contributed by atoms with Crippen molar-refractivity contribution in [3.63, 3.8) is 0 Å². The zero-order chi connectivity index (χ0) is 15.7. The van der Waals surface area contributed by atoms with Crippen molar-refractivity contribution in [2.24, 2.45) is 5.41 Å². The molecule has 23 heavy (non-hydrogen) atoms. The summed E-state index contributed by atoms with van der Waals surface area (Å²) in [6, 6.07) is -0.0554. The summed E-state index contributed by atoms with van der Waals surface area (Å²) in [5, 5.41) is 3.72. The van der Waals surface area contributed by atoms with Crippen molar-refractivity contribution in [1.82, 2.24) is 9.88 Å². The predicted octanol–water partition coefficient (Wildman–Crippen LogP) is 2.29. The van der Waals surface area contributed by atoms with Gasteiger partial charge in [0.2, 0.25) is 0 Å². The molecule has 1 aliphatic carbocycles. The van der Waals surface area contributed by atoms with Crippen LogP contribution in [0, 0.1) is 5.41 Å². The van der Waals surface area contributed by atoms with Crippen LogP contribution in [0.15, 0.2) is 0 Å². The Kier molecular flexibility index (Phi) is 4.26. The van der Waals surface area contributed by atoms with Crippen molar-refractivity contribution in [2.45, 2.75) is 32.1 Å². The number of rotatable bonds is 1. The molecular weight excluding hydrogens is 314 g/mol. The number of nitrogens with zero attached hydrogens (tertiary/aromatic N) is 2. The molecule has 2 amide bonds. The van der Waals surface area contributed by atoms with Crippen LogP contribution in [0.25, 0.3) is 0 Å². The lowest BCUT2D eigenvalue weighted by atomic mass is 9.70. The van der Waals surface area contributed by atoms with Crippen molar-refractivity contribution in [3.8, 4) is 0 Å². The Labute approximate surface area is 140 Å². The normalized spacial score (nSPS) is 23.6. The molecule has 0 saturated carbocycles. The maximum atomic E-state index is 12.3. The molecule has 126 valence electrons. The highest BCUT2D eigenvalue weighted by molar-refractivity contribution is 7.15. The number of anilines is 1. The number of hydrogen-bond acceptors (Lipinski definition) is 5. The lowest BCUT2D eigenvalue weighted by Gasteiger charge is -2.39. The molecular formula is C16H23N3O3S. The van der Waals surface area contributed by atoms with Crippen molar-refractivity contribution >= 4 is 22.5 Å². The third-order valence-corrected chi connectivity index (χ3v) is 6.28. The summed E-state index contributed by atoms with van der Waals surface area (Å²) >= 11 is 1.65. The molecule has 0 bridgehead atoms. The number of urea groups is 1. The molecule has 6 nitrogen and oxygen atoms in total. The molecule has 2 aliphatic heterocycles. The average Bonchev–Trinajstić information content (AvgIpc) is 2.97. The molecule has 0 aromatic carbocycles. The standard InChI is InChI=1S/C16H23N3O3S/c20-15(19-5-9-22-10-6-19)18-14-17-12-1-2-16(11-13(12)23-14)3-7-21-8-4-16/h1-11H2,(H,17,18,20). The molecule has 3 heterocycles. The lowest BCUT2D eigenvalue weighted by molar-refractivity contribution is 0.00784. The summed E-state index contributed by atoms with van der Waals surface area (Å²) in [4.78, 5) is 20.1. The van der Waals surface area contributed by atoms with Crippen molar-refractivity contribution < 1.29 is 14.3 Å². The molecule has 1 N–H and O–H groups in total. The van der Waals surface area contributed by atoms with Gasteiger partial charge in [0.25, 0.3) is 0 Å². The molecule has 2 saturated heterocycles. The Bertz CT molecular complexity index is 577. The van der Waals surface area contributed by atoms with E-state index in [1.54, 1.807) is 16.2 Å². The van der Waals surface area contributed by atoms with Crippen LogP contribution in [0.4, 0.5) is 9.93 Å². The smallest absolute Gasteiger partial charge is 0.323 e. The minimum Gasteiger partial charge on any atom is -0.381 e. The fourth-order valence-electron chi connectivity index (χ4n) is 3.75. The molecule has 7 heteroatoms. The summed E-state index contributed by atoms with van der Waals surface area (Å²) in [7, 11) is 0. The van der Waals surface area contributed by atoms with Crippen molar-refractivity contribution in [3.05, 3.63) is 10.6 Å². The molecule has 0 atom stereocenters. The lowest BCUT2D eigenvalue weighted by Crippen LogP contribution is -2.43. The second kappa shape index (κ2) is 6.37. The number of carbonyl (C=O) groups excluding carboxylic acids is 1. The van der Waals surface area contributed by atoms with E-state index in [-0.39, 0.29) is 6.03 Å². The largest absolute Gasteiger partial charge is 0.381 e. The molecule has 1 aromatic heterocycles. The van der Waals surface area contributed by atoms with Gasteiger partial charge in [-0.15, -0.1) is 11.3 Å². The summed E-state index contributed by atoms with van der Waals surface area (Å²) < 4.78 is 10.8. The van der Waals surface area contributed by atoms with Crippen molar-refractivity contribution in [2.75, 3.05) is 44.8 Å². The maximum Gasteiger partial charge on any atom is 0.323 e. The Hall–Kier alpha value is -1.18. The molecule has 4 rings (SSSR count). The zero-order valence-electron chi connectivity index (χ0n) is 13.3. The average molecular weight is 337 g/mol. The molecule has 0 unspecified atom stereocenters. The fraction of sp³-hybridized carbons (Fsp3) is 0.750. The first-order valence-corrected chi connectivity index (χ1v) is 9.26. The van der Waals surface area contributed by atoms with Gasteiger partial charge in [0.1, 0.15) is 0 Å². The Morgan fingerprint density at radius 3 is 2.65 bits per heavy atom. The highest BCUT2D eigenvalue weighted by Gasteiger charge is 2.37. The molecule has 0 radical (unpaired) electrons. The van der Waals surface area contributed by atoms with Crippen molar-refractivity contribution in [1.29, 1.82) is 0 Å². The van der Waals surface area contributed by atoms with E-state index in [1.165, 1.54) is 17.0 Å². The second-order valence-electron chi connectivity index (χ2n) is 6.71. The number of amides is 2. The number of aromatic nitrogens is 1. The van der Waals surface area contributed by atoms with Crippen LogP contribution in [-0.4, -0.2) is 55.4 Å². The Balaban J connectivity index is 1.43. The van der Waals surface area contributed by atoms with E-state index < -0.39 is 0 Å². The summed E-state index contributed by atoms with van der Waals surface area (Å²) in [5.41, 5.74) is 1.59. The molecule has 3 aliphatic rings. The van der Waals surface area contributed by atoms with Crippen LogP contribution < -0.4 is 5.32 Å². The minimum absolute atomic E-state index is 0.0554. The number of carbonyl (C=O) groups is 1. The molecule has 2 fully saturated rings. The van der Waals surface area contributed by atoms with Gasteiger partial charge in [-0.25, -0.2) is 9.78 Å². The Morgan fingerprint density at radius 2 is 1.87 bits per heavy atom. The van der Waals surface area contributed by atoms with Crippen LogP contribution in [0.1, 0.15) is 29.8 Å². The van der Waals surface area contributed by atoms with E-state index in [4.69, 9.17) is 9.47 Å². The first kappa shape index (κ1) is 15.4. The van der Waals surface area contributed by atoms with Crippen LogP contribution in [0.3, 0.4) is 0 Å². The van der Waals surface area contributed by atoms with E-state index in [1.807, 2.05) is 0 Å². The topological polar surface area (TPSA) is 63.7 Å². The molecule has 1 aromatic rings. The van der Waals surface area contributed by atoms with Crippen LogP contribution in [0.2, 0.25) is 0 Å². The summed E-state index contributed by atoms with van der Waals surface area (Å²) in [6.07, 6.45) is 5.62. The highest BCUT2D eigenvalue weighted by atomic mass is 32.1.